The zero-order valence-electron chi connectivity index (χ0n) is 22.8. The highest BCUT2D eigenvalue weighted by molar-refractivity contribution is 8.00. The Kier molecular flexibility index (Phi) is 10.6. The largest absolute Gasteiger partial charge is 0.497 e. The van der Waals surface area contributed by atoms with E-state index >= 15 is 0 Å². The zero-order chi connectivity index (χ0) is 29.9. The van der Waals surface area contributed by atoms with Crippen LogP contribution in [-0.2, 0) is 9.59 Å². The number of carbonyl (C=O) groups is 3. The van der Waals surface area contributed by atoms with Crippen LogP contribution in [0.1, 0.15) is 15.9 Å². The smallest absolute Gasteiger partial charge is 0.272 e. The van der Waals surface area contributed by atoms with Gasteiger partial charge in [-0.15, -0.1) is 11.8 Å². The number of methoxy groups -OCH3 is 2. The molecule has 0 aliphatic carbocycles. The number of rotatable bonds is 11. The maximum Gasteiger partial charge on any atom is 0.272 e. The van der Waals surface area contributed by atoms with Crippen molar-refractivity contribution in [3.63, 3.8) is 0 Å². The van der Waals surface area contributed by atoms with Gasteiger partial charge >= 0.3 is 0 Å². The number of benzene rings is 4. The summed E-state index contributed by atoms with van der Waals surface area (Å²) in [6.45, 7) is 0. The molecule has 42 heavy (non-hydrogen) atoms. The summed E-state index contributed by atoms with van der Waals surface area (Å²) in [4.78, 5) is 39.6. The molecule has 4 aromatic rings. The summed E-state index contributed by atoms with van der Waals surface area (Å²) in [7, 11) is 3.07. The number of ether oxygens (including phenoxy) is 2. The summed E-state index contributed by atoms with van der Waals surface area (Å²) in [5, 5.41) is 8.87. The van der Waals surface area contributed by atoms with Crippen molar-refractivity contribution in [1.29, 1.82) is 0 Å². The van der Waals surface area contributed by atoms with Crippen LogP contribution in [0.2, 0.25) is 5.02 Å². The van der Waals surface area contributed by atoms with Crippen LogP contribution in [0.3, 0.4) is 0 Å². The third-order valence-electron chi connectivity index (χ3n) is 5.79. The predicted octanol–water partition coefficient (Wildman–Crippen LogP) is 6.50. The molecular weight excluding hydrogens is 574 g/mol. The zero-order valence-corrected chi connectivity index (χ0v) is 24.4. The molecule has 0 saturated carbocycles. The van der Waals surface area contributed by atoms with Crippen molar-refractivity contribution in [3.05, 3.63) is 119 Å². The predicted molar refractivity (Wildman–Crippen MR) is 167 cm³/mol. The first-order valence-electron chi connectivity index (χ1n) is 12.7. The van der Waals surface area contributed by atoms with Crippen molar-refractivity contribution < 1.29 is 23.9 Å². The van der Waals surface area contributed by atoms with Gasteiger partial charge in [-0.3, -0.25) is 14.4 Å². The van der Waals surface area contributed by atoms with Crippen molar-refractivity contribution in [1.82, 2.24) is 5.32 Å². The van der Waals surface area contributed by atoms with E-state index in [-0.39, 0.29) is 17.4 Å². The van der Waals surface area contributed by atoms with E-state index in [1.165, 1.54) is 26.0 Å². The maximum absolute atomic E-state index is 13.3. The average molecular weight is 602 g/mol. The second-order valence-electron chi connectivity index (χ2n) is 8.85. The molecule has 3 N–H and O–H groups in total. The van der Waals surface area contributed by atoms with Gasteiger partial charge in [0.15, 0.2) is 0 Å². The molecule has 10 heteroatoms. The summed E-state index contributed by atoms with van der Waals surface area (Å²) >= 11 is 7.43. The van der Waals surface area contributed by atoms with Crippen LogP contribution in [0.5, 0.6) is 11.5 Å². The number of halogens is 1. The summed E-state index contributed by atoms with van der Waals surface area (Å²) in [6.07, 6.45) is 1.55. The molecule has 0 spiro atoms. The molecule has 0 heterocycles. The van der Waals surface area contributed by atoms with E-state index in [0.717, 1.165) is 4.90 Å². The van der Waals surface area contributed by atoms with Crippen molar-refractivity contribution in [3.8, 4) is 11.5 Å². The van der Waals surface area contributed by atoms with Gasteiger partial charge in [0.05, 0.1) is 20.0 Å². The second-order valence-corrected chi connectivity index (χ2v) is 10.3. The Balaban J connectivity index is 1.44. The summed E-state index contributed by atoms with van der Waals surface area (Å²) < 4.78 is 10.5. The number of thioether (sulfide) groups is 1. The Hall–Kier alpha value is -4.73. The van der Waals surface area contributed by atoms with Crippen LogP contribution in [0.25, 0.3) is 6.08 Å². The molecule has 0 atom stereocenters. The van der Waals surface area contributed by atoms with Gasteiger partial charge in [0.2, 0.25) is 5.91 Å². The van der Waals surface area contributed by atoms with Gasteiger partial charge in [-0.2, -0.15) is 0 Å². The van der Waals surface area contributed by atoms with Crippen LogP contribution in [0.15, 0.2) is 108 Å². The third-order valence-corrected chi connectivity index (χ3v) is 7.01. The maximum atomic E-state index is 13.3. The first-order chi connectivity index (χ1) is 20.3. The Morgan fingerprint density at radius 3 is 2.19 bits per heavy atom. The van der Waals surface area contributed by atoms with E-state index in [2.05, 4.69) is 16.0 Å². The van der Waals surface area contributed by atoms with Crippen LogP contribution >= 0.6 is 23.4 Å². The number of nitrogens with one attached hydrogen (secondary N) is 3. The average Bonchev–Trinajstić information content (AvgIpc) is 3.00. The number of amides is 3. The summed E-state index contributed by atoms with van der Waals surface area (Å²) in [5.41, 5.74) is 2.14. The minimum atomic E-state index is -0.522. The number of hydrogen-bond donors (Lipinski definition) is 3. The van der Waals surface area contributed by atoms with Gasteiger partial charge in [0, 0.05) is 45.1 Å². The molecular formula is C32H28ClN3O5S. The van der Waals surface area contributed by atoms with Crippen molar-refractivity contribution in [2.75, 3.05) is 30.6 Å². The molecule has 214 valence electrons. The van der Waals surface area contributed by atoms with Gasteiger partial charge in [-0.1, -0.05) is 48.0 Å². The summed E-state index contributed by atoms with van der Waals surface area (Å²) in [5.74, 6) is 0.0764. The molecule has 0 bridgehead atoms. The van der Waals surface area contributed by atoms with Crippen molar-refractivity contribution >= 4 is 58.5 Å². The van der Waals surface area contributed by atoms with Crippen LogP contribution in [0.4, 0.5) is 11.4 Å². The standard InChI is InChI=1S/C32H28ClN3O5S/c1-40-26-16-25(17-27(19-26)41-2)34-30(37)20-42-28-13-7-12-24(18-28)35-32(39)29(15-21-8-6-11-23(33)14-21)36-31(38)22-9-4-3-5-10-22/h3-19H,20H2,1-2H3,(H,34,37)(H,35,39)(H,36,38)/b29-15-. The molecule has 4 aromatic carbocycles. The van der Waals surface area contributed by atoms with E-state index in [1.807, 2.05) is 6.07 Å². The van der Waals surface area contributed by atoms with E-state index in [1.54, 1.807) is 97.1 Å². The fraction of sp³-hybridized carbons (Fsp3) is 0.0938. The fourth-order valence-electron chi connectivity index (χ4n) is 3.79. The lowest BCUT2D eigenvalue weighted by Gasteiger charge is -2.12. The minimum Gasteiger partial charge on any atom is -0.497 e. The molecule has 4 rings (SSSR count). The van der Waals surface area contributed by atoms with E-state index in [4.69, 9.17) is 21.1 Å². The highest BCUT2D eigenvalue weighted by Crippen LogP contribution is 2.27. The normalized spacial score (nSPS) is 10.9. The molecule has 0 unspecified atom stereocenters. The lowest BCUT2D eigenvalue weighted by molar-refractivity contribution is -0.114. The van der Waals surface area contributed by atoms with Crippen LogP contribution in [-0.4, -0.2) is 37.7 Å². The van der Waals surface area contributed by atoms with Gasteiger partial charge in [-0.05, 0) is 54.1 Å². The third kappa shape index (κ3) is 8.89. The Morgan fingerprint density at radius 2 is 1.50 bits per heavy atom. The van der Waals surface area contributed by atoms with Gasteiger partial charge < -0.3 is 25.4 Å². The fourth-order valence-corrected chi connectivity index (χ4v) is 4.75. The minimum absolute atomic E-state index is 0.0391. The van der Waals surface area contributed by atoms with Crippen LogP contribution < -0.4 is 25.4 Å². The van der Waals surface area contributed by atoms with Crippen molar-refractivity contribution in [2.45, 2.75) is 4.90 Å². The molecule has 8 nitrogen and oxygen atoms in total. The van der Waals surface area contributed by atoms with Crippen molar-refractivity contribution in [2.24, 2.45) is 0 Å². The Morgan fingerprint density at radius 1 is 0.786 bits per heavy atom. The first kappa shape index (κ1) is 30.2. The molecule has 0 saturated heterocycles. The number of hydrogen-bond acceptors (Lipinski definition) is 6. The molecule has 0 radical (unpaired) electrons. The van der Waals surface area contributed by atoms with Gasteiger partial charge in [0.25, 0.3) is 11.8 Å². The van der Waals surface area contributed by atoms with E-state index < -0.39 is 11.8 Å². The Bertz CT molecular complexity index is 1590. The number of anilines is 2. The topological polar surface area (TPSA) is 106 Å². The monoisotopic (exact) mass is 601 g/mol. The Labute approximate surface area is 253 Å². The van der Waals surface area contributed by atoms with Gasteiger partial charge in [-0.25, -0.2) is 0 Å². The SMILES string of the molecule is COc1cc(NC(=O)CSc2cccc(NC(=O)/C(=C/c3cccc(Cl)c3)NC(=O)c3ccccc3)c2)cc(OC)c1. The molecule has 3 amide bonds. The molecule has 0 aliphatic rings. The molecule has 0 fully saturated rings. The lowest BCUT2D eigenvalue weighted by Crippen LogP contribution is -2.30. The van der Waals surface area contributed by atoms with Crippen LogP contribution in [0, 0.1) is 0 Å². The number of carbonyl (C=O) groups excluding carboxylic acids is 3. The quantitative estimate of drug-likeness (QED) is 0.134. The van der Waals surface area contributed by atoms with E-state index in [0.29, 0.717) is 39.0 Å². The first-order valence-corrected chi connectivity index (χ1v) is 14.1. The lowest BCUT2D eigenvalue weighted by atomic mass is 10.1. The molecule has 0 aliphatic heterocycles. The second kappa shape index (κ2) is 14.8. The van der Waals surface area contributed by atoms with E-state index in [9.17, 15) is 14.4 Å². The highest BCUT2D eigenvalue weighted by Gasteiger charge is 2.16. The summed E-state index contributed by atoms with van der Waals surface area (Å²) in [6, 6.07) is 27.7. The molecule has 0 aromatic heterocycles. The highest BCUT2D eigenvalue weighted by atomic mass is 35.5. The van der Waals surface area contributed by atoms with Gasteiger partial charge in [0.1, 0.15) is 17.2 Å².